The Bertz CT molecular complexity index is 596. The maximum absolute atomic E-state index is 11.4. The maximum atomic E-state index is 11.4. The van der Waals surface area contributed by atoms with E-state index in [1.165, 1.54) is 7.11 Å². The molecular weight excluding hydrogens is 254 g/mol. The molecule has 0 atom stereocenters. The Morgan fingerprint density at radius 2 is 1.85 bits per heavy atom. The summed E-state index contributed by atoms with van der Waals surface area (Å²) in [6.07, 6.45) is 0. The van der Waals surface area contributed by atoms with Crippen LogP contribution >= 0.6 is 0 Å². The van der Waals surface area contributed by atoms with Gasteiger partial charge < -0.3 is 15.2 Å². The van der Waals surface area contributed by atoms with Crippen molar-refractivity contribution in [3.63, 3.8) is 0 Å². The highest BCUT2D eigenvalue weighted by Gasteiger charge is 2.06. The highest BCUT2D eigenvalue weighted by atomic mass is 16.5. The molecule has 0 saturated heterocycles. The molecule has 0 aliphatic rings. The fourth-order valence-corrected chi connectivity index (χ4v) is 1.83. The van der Waals surface area contributed by atoms with Crippen molar-refractivity contribution in [2.75, 3.05) is 7.11 Å². The van der Waals surface area contributed by atoms with Gasteiger partial charge in [-0.3, -0.25) is 0 Å². The van der Waals surface area contributed by atoms with E-state index in [1.807, 2.05) is 30.3 Å². The van der Waals surface area contributed by atoms with Gasteiger partial charge in [-0.1, -0.05) is 24.3 Å². The van der Waals surface area contributed by atoms with Crippen LogP contribution in [0.5, 0.6) is 5.75 Å². The van der Waals surface area contributed by atoms with Crippen LogP contribution in [0.3, 0.4) is 0 Å². The lowest BCUT2D eigenvalue weighted by atomic mass is 10.1. The lowest BCUT2D eigenvalue weighted by molar-refractivity contribution is 0.0600. The van der Waals surface area contributed by atoms with Crippen LogP contribution in [0.1, 0.15) is 21.5 Å². The average Bonchev–Trinajstić information content (AvgIpc) is 2.52. The molecule has 4 nitrogen and oxygen atoms in total. The van der Waals surface area contributed by atoms with Crippen molar-refractivity contribution in [2.24, 2.45) is 5.73 Å². The van der Waals surface area contributed by atoms with Crippen LogP contribution in [-0.2, 0) is 17.9 Å². The highest BCUT2D eigenvalue weighted by Crippen LogP contribution is 2.15. The molecule has 0 aliphatic carbocycles. The number of rotatable bonds is 5. The molecule has 0 aromatic heterocycles. The quantitative estimate of drug-likeness (QED) is 0.849. The third-order valence-corrected chi connectivity index (χ3v) is 2.89. The number of nitrogens with two attached hydrogens (primary N) is 1. The van der Waals surface area contributed by atoms with Crippen LogP contribution < -0.4 is 10.5 Å². The number of carbonyl (C=O) groups excluding carboxylic acids is 1. The van der Waals surface area contributed by atoms with Crippen molar-refractivity contribution in [2.45, 2.75) is 13.2 Å². The van der Waals surface area contributed by atoms with Gasteiger partial charge in [0.2, 0.25) is 0 Å². The molecule has 104 valence electrons. The summed E-state index contributed by atoms with van der Waals surface area (Å²) in [6.45, 7) is 0.869. The molecule has 0 spiro atoms. The first-order chi connectivity index (χ1) is 9.72. The van der Waals surface area contributed by atoms with Crippen molar-refractivity contribution in [3.8, 4) is 5.75 Å². The van der Waals surface area contributed by atoms with Gasteiger partial charge in [-0.2, -0.15) is 0 Å². The molecule has 2 aromatic carbocycles. The van der Waals surface area contributed by atoms with E-state index < -0.39 is 0 Å². The minimum absolute atomic E-state index is 0.350. The second-order valence-electron chi connectivity index (χ2n) is 4.33. The molecule has 0 radical (unpaired) electrons. The van der Waals surface area contributed by atoms with Crippen molar-refractivity contribution < 1.29 is 14.3 Å². The first-order valence-corrected chi connectivity index (χ1v) is 6.32. The molecule has 20 heavy (non-hydrogen) atoms. The third kappa shape index (κ3) is 3.59. The molecule has 4 heteroatoms. The van der Waals surface area contributed by atoms with E-state index in [9.17, 15) is 4.79 Å². The summed E-state index contributed by atoms with van der Waals surface area (Å²) in [5.74, 6) is 0.411. The van der Waals surface area contributed by atoms with Gasteiger partial charge in [-0.15, -0.1) is 0 Å². The Balaban J connectivity index is 2.05. The number of benzene rings is 2. The lowest BCUT2D eigenvalue weighted by Crippen LogP contribution is -2.03. The van der Waals surface area contributed by atoms with Gasteiger partial charge >= 0.3 is 5.97 Å². The molecule has 0 heterocycles. The van der Waals surface area contributed by atoms with Crippen molar-refractivity contribution in [3.05, 3.63) is 65.2 Å². The van der Waals surface area contributed by atoms with Crippen LogP contribution in [0.25, 0.3) is 0 Å². The van der Waals surface area contributed by atoms with Crippen LogP contribution in [0.2, 0.25) is 0 Å². The molecular formula is C16H17NO3. The largest absolute Gasteiger partial charge is 0.489 e. The second kappa shape index (κ2) is 6.73. The number of methoxy groups -OCH3 is 1. The molecule has 0 unspecified atom stereocenters. The molecule has 0 bridgehead atoms. The number of esters is 1. The van der Waals surface area contributed by atoms with E-state index in [-0.39, 0.29) is 5.97 Å². The van der Waals surface area contributed by atoms with E-state index in [1.54, 1.807) is 18.2 Å². The van der Waals surface area contributed by atoms with Gasteiger partial charge in [0.1, 0.15) is 12.4 Å². The summed E-state index contributed by atoms with van der Waals surface area (Å²) in [7, 11) is 1.36. The van der Waals surface area contributed by atoms with Gasteiger partial charge in [0.05, 0.1) is 12.7 Å². The zero-order chi connectivity index (χ0) is 14.4. The van der Waals surface area contributed by atoms with Crippen LogP contribution in [0, 0.1) is 0 Å². The van der Waals surface area contributed by atoms with Crippen molar-refractivity contribution in [1.82, 2.24) is 0 Å². The molecule has 0 aliphatic heterocycles. The van der Waals surface area contributed by atoms with Crippen LogP contribution in [-0.4, -0.2) is 13.1 Å². The number of carbonyl (C=O) groups is 1. The minimum Gasteiger partial charge on any atom is -0.489 e. The molecule has 2 rings (SSSR count). The van der Waals surface area contributed by atoms with E-state index in [4.69, 9.17) is 15.2 Å². The number of ether oxygens (including phenoxy) is 2. The standard InChI is InChI=1S/C16H17NO3/c1-19-16(18)14-6-2-5-13(8-14)11-20-15-7-3-4-12(9-15)10-17/h2-9H,10-11,17H2,1H3. The van der Waals surface area contributed by atoms with Gasteiger partial charge in [0.25, 0.3) is 0 Å². The SMILES string of the molecule is COC(=O)c1cccc(COc2cccc(CN)c2)c1. The Hall–Kier alpha value is -2.33. The van der Waals surface area contributed by atoms with Gasteiger partial charge in [0, 0.05) is 6.54 Å². The Morgan fingerprint density at radius 1 is 1.10 bits per heavy atom. The lowest BCUT2D eigenvalue weighted by Gasteiger charge is -2.08. The van der Waals surface area contributed by atoms with Gasteiger partial charge in [0.15, 0.2) is 0 Å². The average molecular weight is 271 g/mol. The second-order valence-corrected chi connectivity index (χ2v) is 4.33. The smallest absolute Gasteiger partial charge is 0.337 e. The highest BCUT2D eigenvalue weighted by molar-refractivity contribution is 5.89. The fourth-order valence-electron chi connectivity index (χ4n) is 1.83. The summed E-state index contributed by atoms with van der Waals surface area (Å²) in [5.41, 5.74) is 8.03. The first-order valence-electron chi connectivity index (χ1n) is 6.32. The Kier molecular flexibility index (Phi) is 4.74. The molecule has 0 saturated carbocycles. The topological polar surface area (TPSA) is 61.5 Å². The Morgan fingerprint density at radius 3 is 2.60 bits per heavy atom. The molecule has 0 fully saturated rings. The number of hydrogen-bond acceptors (Lipinski definition) is 4. The normalized spacial score (nSPS) is 10.1. The summed E-state index contributed by atoms with van der Waals surface area (Å²) < 4.78 is 10.4. The van der Waals surface area contributed by atoms with Crippen molar-refractivity contribution in [1.29, 1.82) is 0 Å². The van der Waals surface area contributed by atoms with E-state index in [2.05, 4.69) is 0 Å². The third-order valence-electron chi connectivity index (χ3n) is 2.89. The summed E-state index contributed by atoms with van der Waals surface area (Å²) in [5, 5.41) is 0. The first kappa shape index (κ1) is 14.1. The molecule has 0 amide bonds. The maximum Gasteiger partial charge on any atom is 0.337 e. The van der Waals surface area contributed by atoms with E-state index >= 15 is 0 Å². The zero-order valence-corrected chi connectivity index (χ0v) is 11.3. The van der Waals surface area contributed by atoms with E-state index in [0.717, 1.165) is 16.9 Å². The Labute approximate surface area is 118 Å². The summed E-state index contributed by atoms with van der Waals surface area (Å²) in [6, 6.07) is 14.8. The zero-order valence-electron chi connectivity index (χ0n) is 11.3. The van der Waals surface area contributed by atoms with Crippen LogP contribution in [0.15, 0.2) is 48.5 Å². The van der Waals surface area contributed by atoms with Crippen molar-refractivity contribution >= 4 is 5.97 Å². The predicted molar refractivity (Wildman–Crippen MR) is 76.4 cm³/mol. The predicted octanol–water partition coefficient (Wildman–Crippen LogP) is 2.51. The summed E-state index contributed by atoms with van der Waals surface area (Å²) in [4.78, 5) is 11.4. The number of hydrogen-bond donors (Lipinski definition) is 1. The summed E-state index contributed by atoms with van der Waals surface area (Å²) >= 11 is 0. The van der Waals surface area contributed by atoms with Gasteiger partial charge in [-0.05, 0) is 35.4 Å². The minimum atomic E-state index is -0.350. The molecule has 2 aromatic rings. The van der Waals surface area contributed by atoms with Crippen LogP contribution in [0.4, 0.5) is 0 Å². The fraction of sp³-hybridized carbons (Fsp3) is 0.188. The van der Waals surface area contributed by atoms with E-state index in [0.29, 0.717) is 18.7 Å². The van der Waals surface area contributed by atoms with Gasteiger partial charge in [-0.25, -0.2) is 4.79 Å². The molecule has 2 N–H and O–H groups in total. The monoisotopic (exact) mass is 271 g/mol.